The Labute approximate surface area is 159 Å². The predicted octanol–water partition coefficient (Wildman–Crippen LogP) is 3.79. The molecule has 2 heterocycles. The van der Waals surface area contributed by atoms with Crippen molar-refractivity contribution in [3.05, 3.63) is 35.2 Å². The number of thiazole rings is 1. The fourth-order valence-electron chi connectivity index (χ4n) is 2.39. The molecule has 0 spiro atoms. The number of nitrogens with one attached hydrogen (secondary N) is 1. The number of ether oxygens (including phenoxy) is 1. The Morgan fingerprint density at radius 3 is 2.52 bits per heavy atom. The fraction of sp³-hybridized carbons (Fsp3) is 0.444. The summed E-state index contributed by atoms with van der Waals surface area (Å²) in [5.74, 6) is 0. The molecule has 136 valence electrons. The van der Waals surface area contributed by atoms with E-state index in [9.17, 15) is 0 Å². The maximum Gasteiger partial charge on any atom is 0.186 e. The molecule has 1 N–H and O–H groups in total. The van der Waals surface area contributed by atoms with Crippen LogP contribution in [0.1, 0.15) is 25.6 Å². The Hall–Kier alpha value is -1.63. The molecule has 1 aromatic heterocycles. The van der Waals surface area contributed by atoms with Gasteiger partial charge in [-0.25, -0.2) is 4.98 Å². The third-order valence-electron chi connectivity index (χ3n) is 3.55. The maximum absolute atomic E-state index is 5.44. The lowest BCUT2D eigenvalue weighted by Gasteiger charge is -2.26. The van der Waals surface area contributed by atoms with Crippen LogP contribution in [0, 0.1) is 0 Å². The standard InChI is InChI=1S/C18H24N4OS.ClH/c1-18(2,3)21-19-13-15-16(14-7-5-4-6-8-14)20-17(24-15)22-9-11-23-12-10-22;/h4-8,13,21H,9-12H2,1-3H3;1H. The van der Waals surface area contributed by atoms with Crippen molar-refractivity contribution in [2.75, 3.05) is 31.2 Å². The van der Waals surface area contributed by atoms with Gasteiger partial charge in [-0.05, 0) is 20.8 Å². The zero-order chi connectivity index (χ0) is 17.0. The van der Waals surface area contributed by atoms with Gasteiger partial charge in [-0.15, -0.1) is 12.4 Å². The summed E-state index contributed by atoms with van der Waals surface area (Å²) in [4.78, 5) is 8.24. The minimum atomic E-state index is -0.0544. The molecule has 0 saturated carbocycles. The number of hydrogen-bond acceptors (Lipinski definition) is 6. The van der Waals surface area contributed by atoms with E-state index < -0.39 is 0 Å². The minimum absolute atomic E-state index is 0. The van der Waals surface area contributed by atoms with Gasteiger partial charge in [0.25, 0.3) is 0 Å². The Kier molecular flexibility index (Phi) is 6.81. The molecule has 0 amide bonds. The van der Waals surface area contributed by atoms with Gasteiger partial charge in [0.1, 0.15) is 0 Å². The van der Waals surface area contributed by atoms with E-state index in [0.717, 1.165) is 47.6 Å². The van der Waals surface area contributed by atoms with Crippen molar-refractivity contribution in [3.63, 3.8) is 0 Å². The Morgan fingerprint density at radius 2 is 1.88 bits per heavy atom. The largest absolute Gasteiger partial charge is 0.378 e. The average Bonchev–Trinajstić information content (AvgIpc) is 2.99. The van der Waals surface area contributed by atoms with E-state index in [4.69, 9.17) is 9.72 Å². The number of hydrazone groups is 1. The van der Waals surface area contributed by atoms with Crippen LogP contribution >= 0.6 is 23.7 Å². The average molecular weight is 381 g/mol. The molecule has 1 aromatic carbocycles. The van der Waals surface area contributed by atoms with E-state index in [1.165, 1.54) is 0 Å². The summed E-state index contributed by atoms with van der Waals surface area (Å²) in [5, 5.41) is 5.45. The first kappa shape index (κ1) is 19.7. The van der Waals surface area contributed by atoms with E-state index in [-0.39, 0.29) is 17.9 Å². The molecular weight excluding hydrogens is 356 g/mol. The Balaban J connectivity index is 0.00000225. The molecule has 0 aliphatic carbocycles. The third-order valence-corrected chi connectivity index (χ3v) is 4.60. The normalized spacial score (nSPS) is 15.2. The number of anilines is 1. The monoisotopic (exact) mass is 380 g/mol. The van der Waals surface area contributed by atoms with E-state index >= 15 is 0 Å². The van der Waals surface area contributed by atoms with E-state index in [0.29, 0.717) is 0 Å². The zero-order valence-electron chi connectivity index (χ0n) is 14.9. The minimum Gasteiger partial charge on any atom is -0.378 e. The second-order valence-electron chi connectivity index (χ2n) is 6.79. The van der Waals surface area contributed by atoms with Crippen molar-refractivity contribution in [2.24, 2.45) is 5.10 Å². The highest BCUT2D eigenvalue weighted by Crippen LogP contribution is 2.32. The topological polar surface area (TPSA) is 49.8 Å². The second-order valence-corrected chi connectivity index (χ2v) is 7.80. The van der Waals surface area contributed by atoms with Gasteiger partial charge >= 0.3 is 0 Å². The molecule has 1 saturated heterocycles. The number of aromatic nitrogens is 1. The smallest absolute Gasteiger partial charge is 0.186 e. The van der Waals surface area contributed by atoms with Crippen LogP contribution in [-0.2, 0) is 4.74 Å². The maximum atomic E-state index is 5.44. The van der Waals surface area contributed by atoms with Gasteiger partial charge in [0, 0.05) is 24.2 Å². The lowest BCUT2D eigenvalue weighted by atomic mass is 10.1. The van der Waals surface area contributed by atoms with E-state index in [1.807, 2.05) is 24.4 Å². The number of rotatable bonds is 4. The van der Waals surface area contributed by atoms with Crippen LogP contribution in [0.25, 0.3) is 11.3 Å². The highest BCUT2D eigenvalue weighted by atomic mass is 35.5. The first-order valence-electron chi connectivity index (χ1n) is 8.22. The summed E-state index contributed by atoms with van der Waals surface area (Å²) in [6.07, 6.45) is 1.88. The lowest BCUT2D eigenvalue weighted by Crippen LogP contribution is -2.36. The van der Waals surface area contributed by atoms with Crippen LogP contribution in [0.5, 0.6) is 0 Å². The Morgan fingerprint density at radius 1 is 1.20 bits per heavy atom. The van der Waals surface area contributed by atoms with Gasteiger partial charge < -0.3 is 15.1 Å². The molecule has 0 bridgehead atoms. The van der Waals surface area contributed by atoms with Crippen molar-refractivity contribution < 1.29 is 4.74 Å². The summed E-state index contributed by atoms with van der Waals surface area (Å²) in [7, 11) is 0. The highest BCUT2D eigenvalue weighted by Gasteiger charge is 2.19. The van der Waals surface area contributed by atoms with Crippen molar-refractivity contribution in [2.45, 2.75) is 26.3 Å². The number of hydrogen-bond donors (Lipinski definition) is 1. The van der Waals surface area contributed by atoms with Gasteiger partial charge in [-0.1, -0.05) is 41.7 Å². The third kappa shape index (κ3) is 5.42. The molecular formula is C18H25ClN4OS. The molecule has 5 nitrogen and oxygen atoms in total. The number of benzene rings is 1. The summed E-state index contributed by atoms with van der Waals surface area (Å²) in [5.41, 5.74) is 5.20. The lowest BCUT2D eigenvalue weighted by molar-refractivity contribution is 0.122. The number of halogens is 1. The van der Waals surface area contributed by atoms with Crippen LogP contribution in [0.4, 0.5) is 5.13 Å². The summed E-state index contributed by atoms with van der Waals surface area (Å²) in [6.45, 7) is 9.57. The van der Waals surface area contributed by atoms with Crippen molar-refractivity contribution >= 4 is 35.1 Å². The first-order chi connectivity index (χ1) is 11.5. The van der Waals surface area contributed by atoms with Crippen LogP contribution in [0.2, 0.25) is 0 Å². The van der Waals surface area contributed by atoms with Crippen LogP contribution in [0.15, 0.2) is 35.4 Å². The second kappa shape index (κ2) is 8.65. The first-order valence-corrected chi connectivity index (χ1v) is 9.04. The van der Waals surface area contributed by atoms with Gasteiger partial charge in [-0.3, -0.25) is 0 Å². The van der Waals surface area contributed by atoms with E-state index in [1.54, 1.807) is 11.3 Å². The van der Waals surface area contributed by atoms with Crippen molar-refractivity contribution in [3.8, 4) is 11.3 Å². The highest BCUT2D eigenvalue weighted by molar-refractivity contribution is 7.17. The summed E-state index contributed by atoms with van der Waals surface area (Å²) < 4.78 is 5.44. The molecule has 2 aromatic rings. The van der Waals surface area contributed by atoms with Gasteiger partial charge in [-0.2, -0.15) is 5.10 Å². The number of nitrogens with zero attached hydrogens (tertiary/aromatic N) is 3. The predicted molar refractivity (Wildman–Crippen MR) is 108 cm³/mol. The van der Waals surface area contributed by atoms with E-state index in [2.05, 4.69) is 48.3 Å². The molecule has 0 radical (unpaired) electrons. The summed E-state index contributed by atoms with van der Waals surface area (Å²) in [6, 6.07) is 10.3. The van der Waals surface area contributed by atoms with Crippen molar-refractivity contribution in [1.29, 1.82) is 0 Å². The number of morpholine rings is 1. The molecule has 3 rings (SSSR count). The van der Waals surface area contributed by atoms with Crippen molar-refractivity contribution in [1.82, 2.24) is 10.4 Å². The fourth-order valence-corrected chi connectivity index (χ4v) is 3.40. The Bertz CT molecular complexity index is 691. The van der Waals surface area contributed by atoms with Gasteiger partial charge in [0.15, 0.2) is 5.13 Å². The zero-order valence-corrected chi connectivity index (χ0v) is 16.5. The van der Waals surface area contributed by atoms with Gasteiger partial charge in [0.05, 0.1) is 30.0 Å². The van der Waals surface area contributed by atoms with Crippen LogP contribution < -0.4 is 10.3 Å². The molecule has 1 fully saturated rings. The molecule has 0 atom stereocenters. The molecule has 7 heteroatoms. The molecule has 0 unspecified atom stereocenters. The molecule has 1 aliphatic heterocycles. The van der Waals surface area contributed by atoms with Gasteiger partial charge in [0.2, 0.25) is 0 Å². The molecule has 1 aliphatic rings. The van der Waals surface area contributed by atoms with Crippen LogP contribution in [0.3, 0.4) is 0 Å². The SMILES string of the molecule is CC(C)(C)NN=Cc1sc(N2CCOCC2)nc1-c1ccccc1.Cl. The molecule has 25 heavy (non-hydrogen) atoms. The quantitative estimate of drug-likeness (QED) is 0.647. The summed E-state index contributed by atoms with van der Waals surface area (Å²) >= 11 is 1.68. The van der Waals surface area contributed by atoms with Crippen LogP contribution in [-0.4, -0.2) is 43.0 Å².